The van der Waals surface area contributed by atoms with Crippen molar-refractivity contribution in [2.45, 2.75) is 45.1 Å². The molecule has 1 fully saturated rings. The number of carbonyl (C=O) groups excluding carboxylic acids is 1. The van der Waals surface area contributed by atoms with E-state index >= 15 is 0 Å². The lowest BCUT2D eigenvalue weighted by Gasteiger charge is -2.36. The van der Waals surface area contributed by atoms with E-state index in [1.54, 1.807) is 0 Å². The number of rotatable bonds is 6. The number of hydrogen-bond acceptors (Lipinski definition) is 4. The number of likely N-dealkylation sites (N-methyl/N-ethyl adjacent to an activating group) is 1. The number of carboxylic acids is 1. The van der Waals surface area contributed by atoms with Gasteiger partial charge < -0.3 is 10.4 Å². The molecule has 1 aliphatic carbocycles. The fourth-order valence-electron chi connectivity index (χ4n) is 2.47. The summed E-state index contributed by atoms with van der Waals surface area (Å²) in [6.07, 6.45) is 2.21. The molecule has 8 heteroatoms. The lowest BCUT2D eigenvalue weighted by Crippen LogP contribution is -2.58. The molecule has 1 saturated carbocycles. The quantitative estimate of drug-likeness (QED) is 0.738. The van der Waals surface area contributed by atoms with E-state index in [2.05, 4.69) is 12.2 Å². The van der Waals surface area contributed by atoms with Crippen LogP contribution < -0.4 is 5.32 Å². The maximum Gasteiger partial charge on any atom is 0.329 e. The van der Waals surface area contributed by atoms with Crippen molar-refractivity contribution in [3.05, 3.63) is 0 Å². The summed E-state index contributed by atoms with van der Waals surface area (Å²) in [5.41, 5.74) is -1.26. The molecule has 122 valence electrons. The first kappa shape index (κ1) is 17.9. The molecule has 0 aromatic carbocycles. The number of amides is 1. The van der Waals surface area contributed by atoms with Crippen LogP contribution in [0.15, 0.2) is 0 Å². The topological polar surface area (TPSA) is 104 Å². The molecule has 0 saturated heterocycles. The summed E-state index contributed by atoms with van der Waals surface area (Å²) in [4.78, 5) is 23.5. The first-order valence-corrected chi connectivity index (χ1v) is 8.72. The van der Waals surface area contributed by atoms with Crippen molar-refractivity contribution in [1.29, 1.82) is 0 Å². The van der Waals surface area contributed by atoms with Gasteiger partial charge in [0.2, 0.25) is 15.9 Å². The lowest BCUT2D eigenvalue weighted by molar-refractivity contribution is -0.149. The molecule has 7 nitrogen and oxygen atoms in total. The maximum atomic E-state index is 12.0. The molecule has 1 amide bonds. The first-order chi connectivity index (χ1) is 9.63. The van der Waals surface area contributed by atoms with Crippen LogP contribution in [0.4, 0.5) is 0 Å². The highest BCUT2D eigenvalue weighted by atomic mass is 32.2. The van der Waals surface area contributed by atoms with E-state index in [0.29, 0.717) is 18.8 Å². The minimum Gasteiger partial charge on any atom is -0.480 e. The molecule has 2 N–H and O–H groups in total. The Morgan fingerprint density at radius 1 is 1.33 bits per heavy atom. The zero-order valence-electron chi connectivity index (χ0n) is 12.8. The molecule has 0 aliphatic heterocycles. The van der Waals surface area contributed by atoms with E-state index in [9.17, 15) is 23.1 Å². The van der Waals surface area contributed by atoms with Gasteiger partial charge in [0.05, 0.1) is 12.3 Å². The maximum absolute atomic E-state index is 12.0. The summed E-state index contributed by atoms with van der Waals surface area (Å²) in [6, 6.07) is 0. The molecule has 0 aromatic heterocycles. The van der Waals surface area contributed by atoms with Crippen molar-refractivity contribution in [2.24, 2.45) is 5.92 Å². The minimum atomic E-state index is -3.46. The van der Waals surface area contributed by atoms with Gasteiger partial charge in [-0.25, -0.2) is 13.2 Å². The number of hydrogen-bond donors (Lipinski definition) is 2. The lowest BCUT2D eigenvalue weighted by atomic mass is 9.77. The van der Waals surface area contributed by atoms with Crippen molar-refractivity contribution in [2.75, 3.05) is 19.3 Å². The van der Waals surface area contributed by atoms with Gasteiger partial charge in [-0.3, -0.25) is 4.79 Å². The molecular weight excluding hydrogens is 296 g/mol. The van der Waals surface area contributed by atoms with E-state index in [4.69, 9.17) is 0 Å². The normalized spacial score (nSPS) is 26.6. The van der Waals surface area contributed by atoms with Crippen LogP contribution in [0.5, 0.6) is 0 Å². The van der Waals surface area contributed by atoms with E-state index in [0.717, 1.165) is 17.1 Å². The second-order valence-electron chi connectivity index (χ2n) is 5.77. The standard InChI is InChI=1S/C13H24N2O5S/c1-4-21(19,20)15(3)9-11(16)14-13(12(17)18)7-5-10(2)6-8-13/h10H,4-9H2,1-3H3,(H,14,16)(H,17,18). The number of carboxylic acid groups (broad SMARTS) is 1. The van der Waals surface area contributed by atoms with Crippen molar-refractivity contribution >= 4 is 21.9 Å². The van der Waals surface area contributed by atoms with Crippen molar-refractivity contribution in [1.82, 2.24) is 9.62 Å². The summed E-state index contributed by atoms with van der Waals surface area (Å²) >= 11 is 0. The van der Waals surface area contributed by atoms with Crippen molar-refractivity contribution in [3.63, 3.8) is 0 Å². The van der Waals surface area contributed by atoms with E-state index in [1.165, 1.54) is 14.0 Å². The third kappa shape index (κ3) is 4.41. The summed E-state index contributed by atoms with van der Waals surface area (Å²) in [6.45, 7) is 3.18. The molecule has 21 heavy (non-hydrogen) atoms. The number of sulfonamides is 1. The minimum absolute atomic E-state index is 0.0988. The monoisotopic (exact) mass is 320 g/mol. The van der Waals surface area contributed by atoms with Gasteiger partial charge in [0, 0.05) is 7.05 Å². The third-order valence-corrected chi connectivity index (χ3v) is 5.93. The fraction of sp³-hybridized carbons (Fsp3) is 0.846. The fourth-order valence-corrected chi connectivity index (χ4v) is 3.23. The SMILES string of the molecule is CCS(=O)(=O)N(C)CC(=O)NC1(C(=O)O)CCC(C)CC1. The Kier molecular flexibility index (Phi) is 5.75. The molecule has 1 rings (SSSR count). The Balaban J connectivity index is 2.73. The van der Waals surface area contributed by atoms with Crippen LogP contribution in [-0.2, 0) is 19.6 Å². The van der Waals surface area contributed by atoms with Crippen LogP contribution >= 0.6 is 0 Å². The van der Waals surface area contributed by atoms with Crippen LogP contribution in [0.1, 0.15) is 39.5 Å². The average Bonchev–Trinajstić information content (AvgIpc) is 2.41. The van der Waals surface area contributed by atoms with Crippen LogP contribution in [-0.4, -0.2) is 54.6 Å². The van der Waals surface area contributed by atoms with Gasteiger partial charge in [0.1, 0.15) is 5.54 Å². The average molecular weight is 320 g/mol. The summed E-state index contributed by atoms with van der Waals surface area (Å²) in [7, 11) is -2.14. The zero-order valence-corrected chi connectivity index (χ0v) is 13.6. The number of nitrogens with one attached hydrogen (secondary N) is 1. The molecule has 0 aromatic rings. The van der Waals surface area contributed by atoms with Gasteiger partial charge in [-0.15, -0.1) is 0 Å². The Morgan fingerprint density at radius 3 is 2.29 bits per heavy atom. The van der Waals surface area contributed by atoms with Gasteiger partial charge >= 0.3 is 5.97 Å². The number of nitrogens with zero attached hydrogens (tertiary/aromatic N) is 1. The largest absolute Gasteiger partial charge is 0.480 e. The van der Waals surface area contributed by atoms with Crippen molar-refractivity contribution < 1.29 is 23.1 Å². The number of carbonyl (C=O) groups is 2. The van der Waals surface area contributed by atoms with E-state index < -0.39 is 27.4 Å². The molecule has 0 heterocycles. The van der Waals surface area contributed by atoms with Gasteiger partial charge in [-0.1, -0.05) is 6.92 Å². The van der Waals surface area contributed by atoms with E-state index in [1.807, 2.05) is 0 Å². The van der Waals surface area contributed by atoms with Crippen LogP contribution in [0.2, 0.25) is 0 Å². The molecule has 0 bridgehead atoms. The van der Waals surface area contributed by atoms with Crippen LogP contribution in [0.3, 0.4) is 0 Å². The Hall–Kier alpha value is -1.15. The Bertz CT molecular complexity index is 495. The van der Waals surface area contributed by atoms with Gasteiger partial charge in [0.15, 0.2) is 0 Å². The highest BCUT2D eigenvalue weighted by molar-refractivity contribution is 7.89. The molecular formula is C13H24N2O5S. The molecule has 0 atom stereocenters. The van der Waals surface area contributed by atoms with Crippen molar-refractivity contribution in [3.8, 4) is 0 Å². The van der Waals surface area contributed by atoms with Gasteiger partial charge in [0.25, 0.3) is 0 Å². The second-order valence-corrected chi connectivity index (χ2v) is 8.14. The predicted octanol–water partition coefficient (Wildman–Crippen LogP) is 0.418. The van der Waals surface area contributed by atoms with Gasteiger partial charge in [-0.05, 0) is 38.5 Å². The summed E-state index contributed by atoms with van der Waals surface area (Å²) in [5.74, 6) is -1.29. The zero-order chi connectivity index (χ0) is 16.3. The smallest absolute Gasteiger partial charge is 0.329 e. The second kappa shape index (κ2) is 6.74. The first-order valence-electron chi connectivity index (χ1n) is 7.11. The Labute approximate surface area is 125 Å². The molecule has 1 aliphatic rings. The third-order valence-electron chi connectivity index (χ3n) is 4.12. The number of aliphatic carboxylic acids is 1. The van der Waals surface area contributed by atoms with Crippen LogP contribution in [0.25, 0.3) is 0 Å². The molecule has 0 radical (unpaired) electrons. The molecule has 0 unspecified atom stereocenters. The molecule has 0 spiro atoms. The summed E-state index contributed by atoms with van der Waals surface area (Å²) in [5, 5.41) is 12.0. The Morgan fingerprint density at radius 2 is 1.86 bits per heavy atom. The highest BCUT2D eigenvalue weighted by Gasteiger charge is 2.42. The van der Waals surface area contributed by atoms with E-state index in [-0.39, 0.29) is 12.3 Å². The summed E-state index contributed by atoms with van der Waals surface area (Å²) < 4.78 is 24.2. The van der Waals surface area contributed by atoms with Gasteiger partial charge in [-0.2, -0.15) is 4.31 Å². The predicted molar refractivity (Wildman–Crippen MR) is 78.2 cm³/mol. The highest BCUT2D eigenvalue weighted by Crippen LogP contribution is 2.32. The van der Waals surface area contributed by atoms with Crippen LogP contribution in [0, 0.1) is 5.92 Å².